The largest absolute Gasteiger partial charge is 0.457 e. The SMILES string of the molecule is CCCCCCCCCCCCCCCCCCCCCCCCCCOCC(COC1OC(COC2OC(CO)C(O)C(O)C2O)C(O)C(O)C1O)OC(=O)CCCCC. The maximum atomic E-state index is 12.6. The van der Waals surface area contributed by atoms with Gasteiger partial charge in [-0.25, -0.2) is 0 Å². The Morgan fingerprint density at radius 3 is 1.33 bits per heavy atom. The van der Waals surface area contributed by atoms with Gasteiger partial charge in [0.05, 0.1) is 26.4 Å². The number of unbranched alkanes of at least 4 members (excludes halogenated alkanes) is 25. The predicted octanol–water partition coefficient (Wildman–Crippen LogP) is 6.52. The summed E-state index contributed by atoms with van der Waals surface area (Å²) in [4.78, 5) is 12.6. The Bertz CT molecular complexity index is 1020. The highest BCUT2D eigenvalue weighted by molar-refractivity contribution is 5.69. The van der Waals surface area contributed by atoms with Crippen molar-refractivity contribution in [1.29, 1.82) is 0 Å². The standard InChI is InChI=1S/C47H90O14/c1-3-5-7-8-9-10-11-12-13-14-15-16-17-18-19-20-21-22-23-24-25-26-27-29-31-56-33-36(59-39(49)30-28-6-4-2)34-57-46-45(55)43(53)41(51)38(61-46)35-58-47-44(54)42(52)40(50)37(32-48)60-47/h36-38,40-48,50-55H,3-35H2,1-2H3. The second kappa shape index (κ2) is 36.2. The number of aliphatic hydroxyl groups excluding tert-OH is 7. The van der Waals surface area contributed by atoms with Crippen molar-refractivity contribution >= 4 is 5.97 Å². The summed E-state index contributed by atoms with van der Waals surface area (Å²) in [6, 6.07) is 0. The molecule has 2 fully saturated rings. The molecule has 0 spiro atoms. The lowest BCUT2D eigenvalue weighted by Crippen LogP contribution is -2.61. The Hall–Kier alpha value is -1.01. The molecule has 14 nitrogen and oxygen atoms in total. The van der Waals surface area contributed by atoms with E-state index in [-0.39, 0.29) is 19.6 Å². The molecule has 2 saturated heterocycles. The molecule has 0 aromatic rings. The molecule has 11 unspecified atom stereocenters. The molecule has 0 amide bonds. The molecule has 0 aliphatic carbocycles. The van der Waals surface area contributed by atoms with Crippen LogP contribution in [0.4, 0.5) is 0 Å². The summed E-state index contributed by atoms with van der Waals surface area (Å²) >= 11 is 0. The Balaban J connectivity index is 1.58. The van der Waals surface area contributed by atoms with E-state index < -0.39 is 86.7 Å². The van der Waals surface area contributed by atoms with Crippen LogP contribution in [0.3, 0.4) is 0 Å². The molecule has 362 valence electrons. The van der Waals surface area contributed by atoms with Gasteiger partial charge in [-0.3, -0.25) is 4.79 Å². The van der Waals surface area contributed by atoms with Crippen molar-refractivity contribution in [2.75, 3.05) is 33.0 Å². The summed E-state index contributed by atoms with van der Waals surface area (Å²) in [5.74, 6) is -0.396. The van der Waals surface area contributed by atoms with Crippen molar-refractivity contribution in [3.63, 3.8) is 0 Å². The molecule has 2 aliphatic heterocycles. The molecule has 2 rings (SSSR count). The van der Waals surface area contributed by atoms with Crippen LogP contribution in [-0.4, -0.2) is 142 Å². The normalized spacial score (nSPS) is 27.4. The van der Waals surface area contributed by atoms with Gasteiger partial charge >= 0.3 is 5.97 Å². The predicted molar refractivity (Wildman–Crippen MR) is 234 cm³/mol. The van der Waals surface area contributed by atoms with E-state index in [1.54, 1.807) is 0 Å². The van der Waals surface area contributed by atoms with Crippen LogP contribution in [0, 0.1) is 0 Å². The van der Waals surface area contributed by atoms with Crippen LogP contribution in [0.5, 0.6) is 0 Å². The van der Waals surface area contributed by atoms with Gasteiger partial charge in [-0.05, 0) is 12.8 Å². The fourth-order valence-corrected chi connectivity index (χ4v) is 8.05. The number of hydrogen-bond acceptors (Lipinski definition) is 14. The summed E-state index contributed by atoms with van der Waals surface area (Å²) in [7, 11) is 0. The minimum atomic E-state index is -1.70. The van der Waals surface area contributed by atoms with Crippen molar-refractivity contribution in [1.82, 2.24) is 0 Å². The molecule has 0 aromatic heterocycles. The number of rotatable bonds is 39. The molecule has 0 saturated carbocycles. The third kappa shape index (κ3) is 24.7. The lowest BCUT2D eigenvalue weighted by Gasteiger charge is -2.42. The van der Waals surface area contributed by atoms with Gasteiger partial charge in [0.15, 0.2) is 12.6 Å². The van der Waals surface area contributed by atoms with E-state index in [1.165, 1.54) is 135 Å². The minimum absolute atomic E-state index is 0.0660. The summed E-state index contributed by atoms with van der Waals surface area (Å²) in [6.45, 7) is 3.53. The average molecular weight is 879 g/mol. The van der Waals surface area contributed by atoms with Gasteiger partial charge in [0.2, 0.25) is 0 Å². The first kappa shape index (κ1) is 56.1. The third-order valence-electron chi connectivity index (χ3n) is 12.1. The van der Waals surface area contributed by atoms with Crippen LogP contribution in [0.15, 0.2) is 0 Å². The molecule has 0 radical (unpaired) electrons. The first-order valence-electron chi connectivity index (χ1n) is 24.6. The minimum Gasteiger partial charge on any atom is -0.457 e. The van der Waals surface area contributed by atoms with Gasteiger partial charge in [-0.15, -0.1) is 0 Å². The van der Waals surface area contributed by atoms with Crippen molar-refractivity contribution in [2.45, 2.75) is 261 Å². The fourth-order valence-electron chi connectivity index (χ4n) is 8.05. The highest BCUT2D eigenvalue weighted by Gasteiger charge is 2.47. The molecule has 0 bridgehead atoms. The second-order valence-electron chi connectivity index (χ2n) is 17.7. The number of esters is 1. The Morgan fingerprint density at radius 2 is 0.869 bits per heavy atom. The molecule has 11 atom stereocenters. The van der Waals surface area contributed by atoms with Crippen LogP contribution < -0.4 is 0 Å². The van der Waals surface area contributed by atoms with E-state index in [9.17, 15) is 40.5 Å². The molecule has 2 heterocycles. The Kier molecular flexibility index (Phi) is 33.3. The number of carbonyl (C=O) groups excluding carboxylic acids is 1. The molecular formula is C47H90O14. The molecule has 2 aliphatic rings. The van der Waals surface area contributed by atoms with Crippen LogP contribution in [0.2, 0.25) is 0 Å². The molecule has 7 N–H and O–H groups in total. The molecule has 61 heavy (non-hydrogen) atoms. The van der Waals surface area contributed by atoms with Gasteiger partial charge in [-0.1, -0.05) is 174 Å². The third-order valence-corrected chi connectivity index (χ3v) is 12.1. The van der Waals surface area contributed by atoms with Crippen molar-refractivity contribution in [2.24, 2.45) is 0 Å². The first-order valence-corrected chi connectivity index (χ1v) is 24.6. The quantitative estimate of drug-likeness (QED) is 0.0259. The van der Waals surface area contributed by atoms with Gasteiger partial charge in [0.1, 0.15) is 54.9 Å². The smallest absolute Gasteiger partial charge is 0.306 e. The van der Waals surface area contributed by atoms with E-state index in [4.69, 9.17) is 28.4 Å². The maximum absolute atomic E-state index is 12.6. The maximum Gasteiger partial charge on any atom is 0.306 e. The number of aliphatic hydroxyl groups is 7. The first-order chi connectivity index (χ1) is 29.6. The van der Waals surface area contributed by atoms with E-state index in [0.29, 0.717) is 13.0 Å². The Labute approximate surface area is 368 Å². The van der Waals surface area contributed by atoms with E-state index in [2.05, 4.69) is 6.92 Å². The van der Waals surface area contributed by atoms with E-state index in [0.717, 1.165) is 32.1 Å². The Morgan fingerprint density at radius 1 is 0.475 bits per heavy atom. The van der Waals surface area contributed by atoms with Crippen molar-refractivity contribution < 1.29 is 69.0 Å². The number of carbonyl (C=O) groups is 1. The summed E-state index contributed by atoms with van der Waals surface area (Å²) < 4.78 is 33.9. The zero-order valence-corrected chi connectivity index (χ0v) is 38.2. The zero-order chi connectivity index (χ0) is 44.5. The van der Waals surface area contributed by atoms with Crippen LogP contribution in [0.25, 0.3) is 0 Å². The highest BCUT2D eigenvalue weighted by Crippen LogP contribution is 2.26. The lowest BCUT2D eigenvalue weighted by molar-refractivity contribution is -0.332. The van der Waals surface area contributed by atoms with E-state index in [1.807, 2.05) is 6.92 Å². The van der Waals surface area contributed by atoms with Crippen molar-refractivity contribution in [3.8, 4) is 0 Å². The molecule has 14 heteroatoms. The zero-order valence-electron chi connectivity index (χ0n) is 38.2. The van der Waals surface area contributed by atoms with Crippen molar-refractivity contribution in [3.05, 3.63) is 0 Å². The molecular weight excluding hydrogens is 789 g/mol. The van der Waals surface area contributed by atoms with Crippen LogP contribution in [0.1, 0.15) is 194 Å². The summed E-state index contributed by atoms with van der Waals surface area (Å²) in [5.41, 5.74) is 0. The average Bonchev–Trinajstić information content (AvgIpc) is 3.25. The van der Waals surface area contributed by atoms with Gasteiger partial charge in [0, 0.05) is 13.0 Å². The topological polar surface area (TPSA) is 214 Å². The lowest BCUT2D eigenvalue weighted by atomic mass is 9.98. The van der Waals surface area contributed by atoms with Gasteiger partial charge in [-0.2, -0.15) is 0 Å². The number of ether oxygens (including phenoxy) is 6. The second-order valence-corrected chi connectivity index (χ2v) is 17.7. The highest BCUT2D eigenvalue weighted by atomic mass is 16.7. The number of hydrogen-bond donors (Lipinski definition) is 7. The van der Waals surface area contributed by atoms with Gasteiger partial charge < -0.3 is 64.2 Å². The van der Waals surface area contributed by atoms with E-state index >= 15 is 0 Å². The van der Waals surface area contributed by atoms with Gasteiger partial charge in [0.25, 0.3) is 0 Å². The summed E-state index contributed by atoms with van der Waals surface area (Å²) in [6.07, 6.45) is 18.6. The summed E-state index contributed by atoms with van der Waals surface area (Å²) in [5, 5.41) is 71.6. The fraction of sp³-hybridized carbons (Fsp3) is 0.979. The van der Waals surface area contributed by atoms with Crippen LogP contribution in [-0.2, 0) is 33.2 Å². The monoisotopic (exact) mass is 879 g/mol. The van der Waals surface area contributed by atoms with Crippen LogP contribution >= 0.6 is 0 Å². The molecule has 0 aromatic carbocycles.